The highest BCUT2D eigenvalue weighted by Gasteiger charge is 2.61. The van der Waals surface area contributed by atoms with Crippen molar-refractivity contribution in [2.45, 2.75) is 97.0 Å². The molecule has 4 aliphatic rings. The third-order valence-electron chi connectivity index (χ3n) is 11.5. The number of aromatic nitrogens is 2. The zero-order valence-electron chi connectivity index (χ0n) is 21.3. The van der Waals surface area contributed by atoms with E-state index in [1.807, 2.05) is 0 Å². The molecule has 1 N–H and O–H groups in total. The number of fused-ring (bicyclic) bond motifs is 6. The Morgan fingerprint density at radius 2 is 1.83 bits per heavy atom. The van der Waals surface area contributed by atoms with Gasteiger partial charge in [-0.15, -0.1) is 0 Å². The van der Waals surface area contributed by atoms with Gasteiger partial charge in [-0.2, -0.15) is 0 Å². The molecule has 8 atom stereocenters. The fourth-order valence-corrected chi connectivity index (χ4v) is 9.55. The summed E-state index contributed by atoms with van der Waals surface area (Å²) in [5, 5.41) is 11.5. The average Bonchev–Trinajstić information content (AvgIpc) is 3.18. The molecule has 3 nitrogen and oxygen atoms in total. The lowest BCUT2D eigenvalue weighted by atomic mass is 9.44. The number of halogens is 2. The maximum Gasteiger partial charge on any atom is 0.169 e. The molecule has 4 aliphatic carbocycles. The molecule has 2 aromatic rings. The van der Waals surface area contributed by atoms with E-state index in [1.165, 1.54) is 63.6 Å². The van der Waals surface area contributed by atoms with E-state index in [0.717, 1.165) is 37.7 Å². The van der Waals surface area contributed by atoms with Crippen molar-refractivity contribution in [1.82, 2.24) is 9.97 Å². The van der Waals surface area contributed by atoms with Crippen LogP contribution in [-0.4, -0.2) is 21.2 Å². The summed E-state index contributed by atoms with van der Waals surface area (Å²) < 4.78 is 27.5. The molecule has 5 heteroatoms. The first-order valence-electron chi connectivity index (χ1n) is 14.1. The summed E-state index contributed by atoms with van der Waals surface area (Å²) in [6.45, 7) is 5.09. The Bertz CT molecular complexity index is 1110. The number of rotatable bonds is 4. The van der Waals surface area contributed by atoms with Crippen LogP contribution in [0.5, 0.6) is 0 Å². The zero-order chi connectivity index (χ0) is 24.4. The molecule has 0 bridgehead atoms. The second kappa shape index (κ2) is 8.75. The predicted octanol–water partition coefficient (Wildman–Crippen LogP) is 7.25. The Morgan fingerprint density at radius 3 is 2.69 bits per heavy atom. The van der Waals surface area contributed by atoms with Gasteiger partial charge >= 0.3 is 0 Å². The molecule has 0 radical (unpaired) electrons. The summed E-state index contributed by atoms with van der Waals surface area (Å²) in [7, 11) is 0. The van der Waals surface area contributed by atoms with Crippen molar-refractivity contribution in [1.29, 1.82) is 0 Å². The van der Waals surface area contributed by atoms with E-state index in [9.17, 15) is 13.9 Å². The van der Waals surface area contributed by atoms with Crippen molar-refractivity contribution in [2.24, 2.45) is 40.4 Å². The smallest absolute Gasteiger partial charge is 0.169 e. The van der Waals surface area contributed by atoms with Crippen molar-refractivity contribution < 1.29 is 13.9 Å². The summed E-state index contributed by atoms with van der Waals surface area (Å²) in [6.07, 6.45) is 15.8. The second-order valence-electron chi connectivity index (χ2n) is 12.8. The zero-order valence-corrected chi connectivity index (χ0v) is 21.3. The number of aliphatic hydroxyl groups excluding tert-OH is 1. The fourth-order valence-electron chi connectivity index (χ4n) is 9.55. The number of hydrogen-bond acceptors (Lipinski definition) is 3. The SMILES string of the molecule is CC12CCC3C(C(O)CC4CCCCC43C)C1CCC2CCCc1ncc2c(F)c(F)ccc2n1. The Labute approximate surface area is 208 Å². The van der Waals surface area contributed by atoms with E-state index >= 15 is 0 Å². The first-order valence-corrected chi connectivity index (χ1v) is 14.1. The van der Waals surface area contributed by atoms with Crippen LogP contribution in [0.2, 0.25) is 0 Å². The van der Waals surface area contributed by atoms with Gasteiger partial charge in [-0.05, 0) is 110 Å². The molecule has 1 aromatic heterocycles. The summed E-state index contributed by atoms with van der Waals surface area (Å²) in [5.41, 5.74) is 1.24. The Morgan fingerprint density at radius 1 is 1.00 bits per heavy atom. The van der Waals surface area contributed by atoms with Gasteiger partial charge in [0.15, 0.2) is 11.6 Å². The van der Waals surface area contributed by atoms with Gasteiger partial charge in [0.05, 0.1) is 17.0 Å². The topological polar surface area (TPSA) is 46.0 Å². The fraction of sp³-hybridized carbons (Fsp3) is 0.733. The average molecular weight is 483 g/mol. The highest BCUT2D eigenvalue weighted by Crippen LogP contribution is 2.67. The van der Waals surface area contributed by atoms with Crippen molar-refractivity contribution in [2.75, 3.05) is 0 Å². The van der Waals surface area contributed by atoms with E-state index in [1.54, 1.807) is 0 Å². The van der Waals surface area contributed by atoms with Crippen molar-refractivity contribution in [3.05, 3.63) is 35.8 Å². The molecule has 0 spiro atoms. The summed E-state index contributed by atoms with van der Waals surface area (Å²) in [4.78, 5) is 8.83. The molecule has 0 aliphatic heterocycles. The van der Waals surface area contributed by atoms with Gasteiger partial charge in [0.1, 0.15) is 5.82 Å². The largest absolute Gasteiger partial charge is 0.393 e. The third-order valence-corrected chi connectivity index (χ3v) is 11.5. The molecule has 0 saturated heterocycles. The second-order valence-corrected chi connectivity index (χ2v) is 12.8. The molecule has 4 saturated carbocycles. The monoisotopic (exact) mass is 482 g/mol. The quantitative estimate of drug-likeness (QED) is 0.499. The molecule has 4 fully saturated rings. The molecule has 35 heavy (non-hydrogen) atoms. The minimum absolute atomic E-state index is 0.115. The van der Waals surface area contributed by atoms with Crippen LogP contribution in [0.15, 0.2) is 18.3 Å². The third kappa shape index (κ3) is 3.74. The van der Waals surface area contributed by atoms with Crippen LogP contribution in [0.25, 0.3) is 10.9 Å². The Kier molecular flexibility index (Phi) is 5.94. The summed E-state index contributed by atoms with van der Waals surface area (Å²) in [5.74, 6) is 2.23. The molecular formula is C30H40F2N2O. The summed E-state index contributed by atoms with van der Waals surface area (Å²) in [6, 6.07) is 2.67. The lowest BCUT2D eigenvalue weighted by Crippen LogP contribution is -2.57. The van der Waals surface area contributed by atoms with Crippen molar-refractivity contribution in [3.63, 3.8) is 0 Å². The highest BCUT2D eigenvalue weighted by atomic mass is 19.2. The van der Waals surface area contributed by atoms with E-state index < -0.39 is 11.6 Å². The number of aliphatic hydroxyl groups is 1. The maximum atomic E-state index is 14.0. The van der Waals surface area contributed by atoms with E-state index in [-0.39, 0.29) is 11.5 Å². The molecule has 6 rings (SSSR count). The first-order chi connectivity index (χ1) is 16.8. The van der Waals surface area contributed by atoms with Crippen LogP contribution in [0.4, 0.5) is 8.78 Å². The van der Waals surface area contributed by atoms with E-state index in [4.69, 9.17) is 0 Å². The Balaban J connectivity index is 1.14. The van der Waals surface area contributed by atoms with Crippen LogP contribution in [0.1, 0.15) is 90.3 Å². The van der Waals surface area contributed by atoms with Gasteiger partial charge in [0.25, 0.3) is 0 Å². The molecular weight excluding hydrogens is 442 g/mol. The first kappa shape index (κ1) is 23.8. The van der Waals surface area contributed by atoms with Gasteiger partial charge < -0.3 is 5.11 Å². The van der Waals surface area contributed by atoms with E-state index in [0.29, 0.717) is 45.8 Å². The normalized spacial score (nSPS) is 40.8. The van der Waals surface area contributed by atoms with Gasteiger partial charge in [-0.1, -0.05) is 26.7 Å². The number of aryl methyl sites for hydroxylation is 1. The number of benzene rings is 1. The van der Waals surface area contributed by atoms with Crippen LogP contribution in [0.3, 0.4) is 0 Å². The highest BCUT2D eigenvalue weighted by molar-refractivity contribution is 5.78. The van der Waals surface area contributed by atoms with Crippen LogP contribution >= 0.6 is 0 Å². The van der Waals surface area contributed by atoms with Crippen LogP contribution in [0, 0.1) is 52.1 Å². The van der Waals surface area contributed by atoms with Crippen molar-refractivity contribution in [3.8, 4) is 0 Å². The maximum absolute atomic E-state index is 14.0. The molecule has 8 unspecified atom stereocenters. The van der Waals surface area contributed by atoms with Crippen LogP contribution < -0.4 is 0 Å². The minimum Gasteiger partial charge on any atom is -0.393 e. The Hall–Kier alpha value is -1.62. The van der Waals surface area contributed by atoms with Crippen LogP contribution in [-0.2, 0) is 6.42 Å². The van der Waals surface area contributed by atoms with Crippen molar-refractivity contribution >= 4 is 10.9 Å². The minimum atomic E-state index is -0.868. The van der Waals surface area contributed by atoms with Gasteiger partial charge in [-0.25, -0.2) is 18.7 Å². The molecule has 1 aromatic carbocycles. The molecule has 0 amide bonds. The molecule has 190 valence electrons. The van der Waals surface area contributed by atoms with Gasteiger partial charge in [0, 0.05) is 12.6 Å². The van der Waals surface area contributed by atoms with Gasteiger partial charge in [0.2, 0.25) is 0 Å². The number of nitrogens with zero attached hydrogens (tertiary/aromatic N) is 2. The van der Waals surface area contributed by atoms with Gasteiger partial charge in [-0.3, -0.25) is 0 Å². The predicted molar refractivity (Wildman–Crippen MR) is 134 cm³/mol. The van der Waals surface area contributed by atoms with E-state index in [2.05, 4.69) is 23.8 Å². The number of hydrogen-bond donors (Lipinski definition) is 1. The lowest BCUT2D eigenvalue weighted by molar-refractivity contribution is -0.162. The summed E-state index contributed by atoms with van der Waals surface area (Å²) >= 11 is 0. The standard InChI is InChI=1S/C30H40F2N2O/c1-29-14-4-3-6-19(29)16-25(35)27-21-10-9-18(30(21,2)15-13-22(27)29)7-5-8-26-33-17-20-24(34-26)12-11-23(31)28(20)32/h11-12,17-19,21-22,25,27,35H,3-10,13-16H2,1-2H3. The lowest BCUT2D eigenvalue weighted by Gasteiger charge is -2.62. The molecule has 1 heterocycles.